The largest absolute Gasteiger partial charge is 0.497 e. The summed E-state index contributed by atoms with van der Waals surface area (Å²) in [7, 11) is 1.63. The lowest BCUT2D eigenvalue weighted by molar-refractivity contribution is -0.123. The lowest BCUT2D eigenvalue weighted by Crippen LogP contribution is -2.50. The molecule has 2 N–H and O–H groups in total. The first-order chi connectivity index (χ1) is 9.59. The SMILES string of the molecule is CCC(CC)(CO)NC(=O)CCc1ccc(OC)cc1. The minimum Gasteiger partial charge on any atom is -0.497 e. The molecular formula is C16H25NO3. The third-order valence-corrected chi connectivity index (χ3v) is 3.86. The Bertz CT molecular complexity index is 402. The Labute approximate surface area is 121 Å². The number of hydrogen-bond donors (Lipinski definition) is 2. The number of ether oxygens (including phenoxy) is 1. The van der Waals surface area contributed by atoms with E-state index in [9.17, 15) is 9.90 Å². The summed E-state index contributed by atoms with van der Waals surface area (Å²) in [6, 6.07) is 7.71. The van der Waals surface area contributed by atoms with Gasteiger partial charge in [0.15, 0.2) is 0 Å². The molecule has 1 aromatic rings. The molecule has 0 saturated heterocycles. The standard InChI is InChI=1S/C16H25NO3/c1-4-16(5-2,12-18)17-15(19)11-8-13-6-9-14(20-3)10-7-13/h6-7,9-10,18H,4-5,8,11-12H2,1-3H3,(H,17,19). The highest BCUT2D eigenvalue weighted by molar-refractivity contribution is 5.77. The monoisotopic (exact) mass is 279 g/mol. The van der Waals surface area contributed by atoms with Gasteiger partial charge in [0.2, 0.25) is 5.91 Å². The van der Waals surface area contributed by atoms with Gasteiger partial charge >= 0.3 is 0 Å². The van der Waals surface area contributed by atoms with Crippen molar-refractivity contribution >= 4 is 5.91 Å². The molecule has 0 aliphatic heterocycles. The maximum Gasteiger partial charge on any atom is 0.220 e. The molecular weight excluding hydrogens is 254 g/mol. The molecule has 4 nitrogen and oxygen atoms in total. The number of rotatable bonds is 8. The smallest absolute Gasteiger partial charge is 0.220 e. The van der Waals surface area contributed by atoms with Crippen molar-refractivity contribution in [2.24, 2.45) is 0 Å². The number of carbonyl (C=O) groups is 1. The van der Waals surface area contributed by atoms with Crippen molar-refractivity contribution in [2.45, 2.75) is 45.1 Å². The predicted octanol–water partition coefficient (Wildman–Crippen LogP) is 2.30. The normalized spacial score (nSPS) is 11.2. The van der Waals surface area contributed by atoms with Gasteiger partial charge in [-0.3, -0.25) is 4.79 Å². The van der Waals surface area contributed by atoms with Gasteiger partial charge in [-0.05, 0) is 37.0 Å². The lowest BCUT2D eigenvalue weighted by atomic mass is 9.93. The molecule has 1 rings (SSSR count). The number of benzene rings is 1. The number of hydrogen-bond acceptors (Lipinski definition) is 3. The van der Waals surface area contributed by atoms with Crippen LogP contribution in [0.25, 0.3) is 0 Å². The quantitative estimate of drug-likeness (QED) is 0.767. The van der Waals surface area contributed by atoms with E-state index in [2.05, 4.69) is 5.32 Å². The number of aliphatic hydroxyl groups excluding tert-OH is 1. The molecule has 1 amide bonds. The lowest BCUT2D eigenvalue weighted by Gasteiger charge is -2.30. The van der Waals surface area contributed by atoms with Crippen molar-refractivity contribution in [1.29, 1.82) is 0 Å². The van der Waals surface area contributed by atoms with Crippen molar-refractivity contribution in [3.05, 3.63) is 29.8 Å². The van der Waals surface area contributed by atoms with Gasteiger partial charge in [0.25, 0.3) is 0 Å². The minimum atomic E-state index is -0.475. The number of carbonyl (C=O) groups excluding carboxylic acids is 1. The van der Waals surface area contributed by atoms with Crippen LogP contribution in [0.3, 0.4) is 0 Å². The van der Waals surface area contributed by atoms with Gasteiger partial charge in [-0.1, -0.05) is 26.0 Å². The molecule has 0 atom stereocenters. The van der Waals surface area contributed by atoms with Crippen LogP contribution in [0.2, 0.25) is 0 Å². The highest BCUT2D eigenvalue weighted by Crippen LogP contribution is 2.15. The Balaban J connectivity index is 2.50. The zero-order valence-corrected chi connectivity index (χ0v) is 12.6. The van der Waals surface area contributed by atoms with Crippen LogP contribution in [0.15, 0.2) is 24.3 Å². The van der Waals surface area contributed by atoms with E-state index in [0.29, 0.717) is 12.8 Å². The van der Waals surface area contributed by atoms with Crippen LogP contribution in [0, 0.1) is 0 Å². The summed E-state index contributed by atoms with van der Waals surface area (Å²) in [5.74, 6) is 0.799. The van der Waals surface area contributed by atoms with E-state index in [0.717, 1.165) is 24.2 Å². The molecule has 0 aliphatic carbocycles. The molecule has 20 heavy (non-hydrogen) atoms. The zero-order chi connectivity index (χ0) is 15.0. The number of nitrogens with one attached hydrogen (secondary N) is 1. The maximum absolute atomic E-state index is 12.0. The summed E-state index contributed by atoms with van der Waals surface area (Å²) < 4.78 is 5.10. The minimum absolute atomic E-state index is 0.0152. The highest BCUT2D eigenvalue weighted by atomic mass is 16.5. The molecule has 0 fully saturated rings. The summed E-state index contributed by atoms with van der Waals surface area (Å²) >= 11 is 0. The highest BCUT2D eigenvalue weighted by Gasteiger charge is 2.26. The Morgan fingerprint density at radius 1 is 1.25 bits per heavy atom. The molecule has 0 saturated carbocycles. The van der Waals surface area contributed by atoms with Crippen LogP contribution in [0.4, 0.5) is 0 Å². The van der Waals surface area contributed by atoms with Gasteiger partial charge in [-0.2, -0.15) is 0 Å². The molecule has 4 heteroatoms. The topological polar surface area (TPSA) is 58.6 Å². The fourth-order valence-corrected chi connectivity index (χ4v) is 2.10. The second-order valence-electron chi connectivity index (χ2n) is 5.04. The van der Waals surface area contributed by atoms with Gasteiger partial charge in [0.05, 0.1) is 19.3 Å². The number of aryl methyl sites for hydroxylation is 1. The Kier molecular flexibility index (Phi) is 6.52. The van der Waals surface area contributed by atoms with Crippen molar-refractivity contribution in [1.82, 2.24) is 5.32 Å². The molecule has 0 spiro atoms. The van der Waals surface area contributed by atoms with Crippen molar-refractivity contribution < 1.29 is 14.6 Å². The molecule has 1 aromatic carbocycles. The number of aliphatic hydroxyl groups is 1. The summed E-state index contributed by atoms with van der Waals surface area (Å²) in [5, 5.41) is 12.4. The van der Waals surface area contributed by atoms with E-state index < -0.39 is 5.54 Å². The molecule has 0 unspecified atom stereocenters. The van der Waals surface area contributed by atoms with Crippen LogP contribution in [-0.4, -0.2) is 30.3 Å². The Morgan fingerprint density at radius 3 is 2.30 bits per heavy atom. The third kappa shape index (κ3) is 4.53. The molecule has 0 bridgehead atoms. The predicted molar refractivity (Wildman–Crippen MR) is 79.9 cm³/mol. The van der Waals surface area contributed by atoms with Crippen molar-refractivity contribution in [2.75, 3.05) is 13.7 Å². The van der Waals surface area contributed by atoms with Gasteiger partial charge in [0, 0.05) is 6.42 Å². The average molecular weight is 279 g/mol. The van der Waals surface area contributed by atoms with E-state index in [1.807, 2.05) is 38.1 Å². The van der Waals surface area contributed by atoms with E-state index in [1.54, 1.807) is 7.11 Å². The Morgan fingerprint density at radius 2 is 1.85 bits per heavy atom. The van der Waals surface area contributed by atoms with Crippen molar-refractivity contribution in [3.8, 4) is 5.75 Å². The second-order valence-corrected chi connectivity index (χ2v) is 5.04. The first-order valence-corrected chi connectivity index (χ1v) is 7.14. The van der Waals surface area contributed by atoms with E-state index in [4.69, 9.17) is 4.74 Å². The molecule has 0 heterocycles. The fourth-order valence-electron chi connectivity index (χ4n) is 2.10. The fraction of sp³-hybridized carbons (Fsp3) is 0.562. The molecule has 0 aliphatic rings. The number of methoxy groups -OCH3 is 1. The molecule has 0 radical (unpaired) electrons. The van der Waals surface area contributed by atoms with Gasteiger partial charge in [0.1, 0.15) is 5.75 Å². The van der Waals surface area contributed by atoms with E-state index in [-0.39, 0.29) is 12.5 Å². The van der Waals surface area contributed by atoms with Crippen LogP contribution >= 0.6 is 0 Å². The van der Waals surface area contributed by atoms with Crippen LogP contribution in [0.1, 0.15) is 38.7 Å². The van der Waals surface area contributed by atoms with Gasteiger partial charge < -0.3 is 15.2 Å². The second kappa shape index (κ2) is 7.90. The van der Waals surface area contributed by atoms with Crippen LogP contribution < -0.4 is 10.1 Å². The first-order valence-electron chi connectivity index (χ1n) is 7.14. The van der Waals surface area contributed by atoms with Crippen LogP contribution in [-0.2, 0) is 11.2 Å². The van der Waals surface area contributed by atoms with Gasteiger partial charge in [-0.25, -0.2) is 0 Å². The maximum atomic E-state index is 12.0. The average Bonchev–Trinajstić information content (AvgIpc) is 2.51. The zero-order valence-electron chi connectivity index (χ0n) is 12.6. The van der Waals surface area contributed by atoms with E-state index in [1.165, 1.54) is 0 Å². The summed E-state index contributed by atoms with van der Waals surface area (Å²) in [5.41, 5.74) is 0.625. The van der Waals surface area contributed by atoms with E-state index >= 15 is 0 Å². The van der Waals surface area contributed by atoms with Crippen LogP contribution in [0.5, 0.6) is 5.75 Å². The summed E-state index contributed by atoms with van der Waals surface area (Å²) in [6.45, 7) is 3.93. The molecule has 112 valence electrons. The van der Waals surface area contributed by atoms with Crippen molar-refractivity contribution in [3.63, 3.8) is 0 Å². The molecule has 0 aromatic heterocycles. The first kappa shape index (κ1) is 16.5. The third-order valence-electron chi connectivity index (χ3n) is 3.86. The Hall–Kier alpha value is -1.55. The van der Waals surface area contributed by atoms with Gasteiger partial charge in [-0.15, -0.1) is 0 Å². The summed E-state index contributed by atoms with van der Waals surface area (Å²) in [4.78, 5) is 12.0. The number of amides is 1. The summed E-state index contributed by atoms with van der Waals surface area (Å²) in [6.07, 6.45) is 2.57.